The van der Waals surface area contributed by atoms with E-state index in [4.69, 9.17) is 11.6 Å². The molecule has 0 aliphatic rings. The van der Waals surface area contributed by atoms with E-state index in [-0.39, 0.29) is 0 Å². The summed E-state index contributed by atoms with van der Waals surface area (Å²) in [4.78, 5) is 0. The molecule has 16 heavy (non-hydrogen) atoms. The molecule has 1 nitrogen and oxygen atoms in total. The third-order valence-corrected chi connectivity index (χ3v) is 2.84. The molecule has 1 aromatic carbocycles. The Morgan fingerprint density at radius 1 is 1.38 bits per heavy atom. The van der Waals surface area contributed by atoms with Crippen LogP contribution < -0.4 is 5.32 Å². The Morgan fingerprint density at radius 3 is 2.62 bits per heavy atom. The molecule has 0 aliphatic heterocycles. The highest BCUT2D eigenvalue weighted by atomic mass is 35.5. The fourth-order valence-corrected chi connectivity index (χ4v) is 1.86. The molecule has 0 radical (unpaired) electrons. The van der Waals surface area contributed by atoms with Crippen molar-refractivity contribution in [1.29, 1.82) is 0 Å². The van der Waals surface area contributed by atoms with Crippen LogP contribution in [-0.2, 0) is 0 Å². The van der Waals surface area contributed by atoms with Crippen LogP contribution >= 0.6 is 11.6 Å². The van der Waals surface area contributed by atoms with E-state index in [0.717, 1.165) is 24.4 Å². The SMILES string of the molecule is C=CCCNC(CCC)c1ccc(Cl)cc1. The molecule has 0 bridgehead atoms. The molecule has 0 saturated heterocycles. The molecule has 1 rings (SSSR count). The summed E-state index contributed by atoms with van der Waals surface area (Å²) in [6, 6.07) is 8.54. The zero-order valence-corrected chi connectivity index (χ0v) is 10.6. The molecule has 0 aliphatic carbocycles. The predicted octanol–water partition coefficient (Wildman–Crippen LogP) is 4.35. The standard InChI is InChI=1S/C14H20ClN/c1-3-5-11-16-14(6-4-2)12-7-9-13(15)10-8-12/h3,7-10,14,16H,1,4-6,11H2,2H3. The zero-order valence-electron chi connectivity index (χ0n) is 9.88. The molecule has 0 aromatic heterocycles. The summed E-state index contributed by atoms with van der Waals surface area (Å²) in [6.07, 6.45) is 5.28. The van der Waals surface area contributed by atoms with Crippen molar-refractivity contribution in [3.63, 3.8) is 0 Å². The molecule has 1 atom stereocenters. The van der Waals surface area contributed by atoms with Gasteiger partial charge in [-0.05, 0) is 37.1 Å². The predicted molar refractivity (Wildman–Crippen MR) is 71.9 cm³/mol. The number of halogens is 1. The van der Waals surface area contributed by atoms with Gasteiger partial charge < -0.3 is 5.32 Å². The van der Waals surface area contributed by atoms with E-state index in [1.807, 2.05) is 18.2 Å². The van der Waals surface area contributed by atoms with E-state index in [2.05, 4.69) is 31.0 Å². The van der Waals surface area contributed by atoms with Crippen molar-refractivity contribution in [2.24, 2.45) is 0 Å². The maximum atomic E-state index is 5.89. The molecule has 1 unspecified atom stereocenters. The quantitative estimate of drug-likeness (QED) is 0.549. The Morgan fingerprint density at radius 2 is 2.06 bits per heavy atom. The van der Waals surface area contributed by atoms with Crippen LogP contribution in [0.3, 0.4) is 0 Å². The van der Waals surface area contributed by atoms with Crippen molar-refractivity contribution in [2.75, 3.05) is 6.54 Å². The molecule has 0 heterocycles. The average Bonchev–Trinajstić information content (AvgIpc) is 2.29. The summed E-state index contributed by atoms with van der Waals surface area (Å²) in [5, 5.41) is 4.34. The molecule has 0 fully saturated rings. The summed E-state index contributed by atoms with van der Waals surface area (Å²) in [5.74, 6) is 0. The second-order valence-corrected chi connectivity index (χ2v) is 4.36. The number of rotatable bonds is 7. The largest absolute Gasteiger partial charge is 0.310 e. The van der Waals surface area contributed by atoms with Crippen molar-refractivity contribution in [1.82, 2.24) is 5.32 Å². The first-order valence-electron chi connectivity index (χ1n) is 5.87. The van der Waals surface area contributed by atoms with Gasteiger partial charge in [-0.2, -0.15) is 0 Å². The molecule has 2 heteroatoms. The van der Waals surface area contributed by atoms with Gasteiger partial charge in [-0.1, -0.05) is 43.2 Å². The Balaban J connectivity index is 2.60. The minimum atomic E-state index is 0.433. The highest BCUT2D eigenvalue weighted by Crippen LogP contribution is 2.20. The van der Waals surface area contributed by atoms with E-state index in [1.165, 1.54) is 12.0 Å². The molecular formula is C14H20ClN. The highest BCUT2D eigenvalue weighted by molar-refractivity contribution is 6.30. The van der Waals surface area contributed by atoms with Crippen molar-refractivity contribution >= 4 is 11.6 Å². The minimum Gasteiger partial charge on any atom is -0.310 e. The van der Waals surface area contributed by atoms with Crippen LogP contribution in [0.25, 0.3) is 0 Å². The van der Waals surface area contributed by atoms with Crippen LogP contribution in [0.5, 0.6) is 0 Å². The van der Waals surface area contributed by atoms with Crippen LogP contribution in [0.2, 0.25) is 5.02 Å². The second-order valence-electron chi connectivity index (χ2n) is 3.92. The van der Waals surface area contributed by atoms with Gasteiger partial charge in [-0.15, -0.1) is 6.58 Å². The topological polar surface area (TPSA) is 12.0 Å². The van der Waals surface area contributed by atoms with Gasteiger partial charge in [0.1, 0.15) is 0 Å². The maximum Gasteiger partial charge on any atom is 0.0406 e. The summed E-state index contributed by atoms with van der Waals surface area (Å²) in [5.41, 5.74) is 1.32. The highest BCUT2D eigenvalue weighted by Gasteiger charge is 2.08. The second kappa shape index (κ2) is 7.48. The van der Waals surface area contributed by atoms with Crippen molar-refractivity contribution in [3.05, 3.63) is 47.5 Å². The van der Waals surface area contributed by atoms with E-state index in [0.29, 0.717) is 6.04 Å². The van der Waals surface area contributed by atoms with Gasteiger partial charge in [0.2, 0.25) is 0 Å². The van der Waals surface area contributed by atoms with Crippen LogP contribution in [0.1, 0.15) is 37.8 Å². The van der Waals surface area contributed by atoms with Crippen LogP contribution in [0.15, 0.2) is 36.9 Å². The first kappa shape index (κ1) is 13.3. The number of nitrogens with one attached hydrogen (secondary N) is 1. The van der Waals surface area contributed by atoms with E-state index < -0.39 is 0 Å². The van der Waals surface area contributed by atoms with Gasteiger partial charge in [-0.25, -0.2) is 0 Å². The monoisotopic (exact) mass is 237 g/mol. The lowest BCUT2D eigenvalue weighted by Crippen LogP contribution is -2.22. The lowest BCUT2D eigenvalue weighted by atomic mass is 10.0. The molecule has 0 amide bonds. The normalized spacial score (nSPS) is 12.4. The van der Waals surface area contributed by atoms with Crippen LogP contribution in [0.4, 0.5) is 0 Å². The van der Waals surface area contributed by atoms with Crippen molar-refractivity contribution in [2.45, 2.75) is 32.2 Å². The van der Waals surface area contributed by atoms with Gasteiger partial charge in [0.15, 0.2) is 0 Å². The van der Waals surface area contributed by atoms with Gasteiger partial charge in [0.05, 0.1) is 0 Å². The molecule has 88 valence electrons. The van der Waals surface area contributed by atoms with Crippen LogP contribution in [0, 0.1) is 0 Å². The fourth-order valence-electron chi connectivity index (χ4n) is 1.73. The molecule has 0 spiro atoms. The average molecular weight is 238 g/mol. The third kappa shape index (κ3) is 4.38. The maximum absolute atomic E-state index is 5.89. The van der Waals surface area contributed by atoms with Gasteiger partial charge in [0, 0.05) is 11.1 Å². The molecule has 0 saturated carbocycles. The number of hydrogen-bond donors (Lipinski definition) is 1. The number of hydrogen-bond acceptors (Lipinski definition) is 1. The zero-order chi connectivity index (χ0) is 11.8. The smallest absolute Gasteiger partial charge is 0.0406 e. The first-order chi connectivity index (χ1) is 7.77. The number of benzene rings is 1. The third-order valence-electron chi connectivity index (χ3n) is 2.59. The lowest BCUT2D eigenvalue weighted by Gasteiger charge is -2.18. The Bertz CT molecular complexity index is 305. The lowest BCUT2D eigenvalue weighted by molar-refractivity contribution is 0.500. The Hall–Kier alpha value is -0.790. The molecule has 1 N–H and O–H groups in total. The van der Waals surface area contributed by atoms with Gasteiger partial charge in [0.25, 0.3) is 0 Å². The van der Waals surface area contributed by atoms with Crippen molar-refractivity contribution < 1.29 is 0 Å². The molecule has 1 aromatic rings. The van der Waals surface area contributed by atoms with E-state index in [9.17, 15) is 0 Å². The fraction of sp³-hybridized carbons (Fsp3) is 0.429. The van der Waals surface area contributed by atoms with E-state index in [1.54, 1.807) is 0 Å². The van der Waals surface area contributed by atoms with Gasteiger partial charge in [-0.3, -0.25) is 0 Å². The summed E-state index contributed by atoms with van der Waals surface area (Å²) in [6.45, 7) is 6.92. The van der Waals surface area contributed by atoms with E-state index >= 15 is 0 Å². The summed E-state index contributed by atoms with van der Waals surface area (Å²) >= 11 is 5.89. The summed E-state index contributed by atoms with van der Waals surface area (Å²) < 4.78 is 0. The van der Waals surface area contributed by atoms with Gasteiger partial charge >= 0.3 is 0 Å². The Kier molecular flexibility index (Phi) is 6.20. The summed E-state index contributed by atoms with van der Waals surface area (Å²) in [7, 11) is 0. The minimum absolute atomic E-state index is 0.433. The molecular weight excluding hydrogens is 218 g/mol. The van der Waals surface area contributed by atoms with Crippen molar-refractivity contribution in [3.8, 4) is 0 Å². The first-order valence-corrected chi connectivity index (χ1v) is 6.25. The van der Waals surface area contributed by atoms with Crippen LogP contribution in [-0.4, -0.2) is 6.54 Å². The Labute approximate surface area is 104 Å².